The molecule has 31 heavy (non-hydrogen) atoms. The third-order valence-corrected chi connectivity index (χ3v) is 6.97. The van der Waals surface area contributed by atoms with Gasteiger partial charge in [0, 0.05) is 30.2 Å². The highest BCUT2D eigenvalue weighted by Crippen LogP contribution is 2.21. The average molecular weight is 445 g/mol. The standard InChI is InChI=1S/C22H24N2O6S/c25-22(15-17-16-23-21-4-2-1-3-20(17)21)30-14-13-29-18-5-7-19(8-6-18)31(26,27)24-9-11-28-12-10-24/h1-8,16,23H,9-15H2. The molecule has 1 aliphatic rings. The van der Waals surface area contributed by atoms with Crippen molar-refractivity contribution in [1.29, 1.82) is 0 Å². The van der Waals surface area contributed by atoms with Gasteiger partial charge in [0.2, 0.25) is 10.0 Å². The SMILES string of the molecule is O=C(Cc1c[nH]c2ccccc12)OCCOc1ccc(S(=O)(=O)N2CCOCC2)cc1. The zero-order valence-corrected chi connectivity index (χ0v) is 17.8. The fourth-order valence-electron chi connectivity index (χ4n) is 3.44. The number of carbonyl (C=O) groups excluding carboxylic acids is 1. The molecule has 2 aromatic carbocycles. The van der Waals surface area contributed by atoms with Gasteiger partial charge in [0.1, 0.15) is 19.0 Å². The number of hydrogen-bond acceptors (Lipinski definition) is 6. The van der Waals surface area contributed by atoms with Crippen LogP contribution in [-0.2, 0) is 30.7 Å². The number of para-hydroxylation sites is 1. The smallest absolute Gasteiger partial charge is 0.310 e. The van der Waals surface area contributed by atoms with Gasteiger partial charge in [0.15, 0.2) is 0 Å². The summed E-state index contributed by atoms with van der Waals surface area (Å²) in [4.78, 5) is 15.4. The molecule has 9 heteroatoms. The van der Waals surface area contributed by atoms with Crippen LogP contribution in [0, 0.1) is 0 Å². The number of hydrogen-bond donors (Lipinski definition) is 1. The number of H-pyrrole nitrogens is 1. The van der Waals surface area contributed by atoms with Crippen molar-refractivity contribution in [3.63, 3.8) is 0 Å². The van der Waals surface area contributed by atoms with Crippen LogP contribution in [0.5, 0.6) is 5.75 Å². The second kappa shape index (κ2) is 9.51. The Morgan fingerprint density at radius 1 is 1.03 bits per heavy atom. The predicted octanol–water partition coefficient (Wildman–Crippen LogP) is 2.35. The van der Waals surface area contributed by atoms with Crippen LogP contribution in [-0.4, -0.2) is 63.2 Å². The Morgan fingerprint density at radius 2 is 1.77 bits per heavy atom. The first-order valence-corrected chi connectivity index (χ1v) is 11.5. The summed E-state index contributed by atoms with van der Waals surface area (Å²) in [6.45, 7) is 1.79. The molecular weight excluding hydrogens is 420 g/mol. The van der Waals surface area contributed by atoms with Gasteiger partial charge in [-0.1, -0.05) is 18.2 Å². The zero-order valence-electron chi connectivity index (χ0n) is 17.0. The first-order valence-electron chi connectivity index (χ1n) is 10.1. The number of aromatic nitrogens is 1. The van der Waals surface area contributed by atoms with Crippen LogP contribution in [0.3, 0.4) is 0 Å². The lowest BCUT2D eigenvalue weighted by atomic mass is 10.1. The number of esters is 1. The van der Waals surface area contributed by atoms with E-state index in [9.17, 15) is 13.2 Å². The molecule has 2 heterocycles. The van der Waals surface area contributed by atoms with Crippen molar-refractivity contribution in [3.05, 3.63) is 60.3 Å². The maximum Gasteiger partial charge on any atom is 0.310 e. The lowest BCUT2D eigenvalue weighted by molar-refractivity contribution is -0.143. The molecule has 1 aromatic heterocycles. The fraction of sp³-hybridized carbons (Fsp3) is 0.318. The minimum Gasteiger partial charge on any atom is -0.490 e. The van der Waals surface area contributed by atoms with Crippen LogP contribution in [0.4, 0.5) is 0 Å². The molecule has 0 atom stereocenters. The molecule has 0 spiro atoms. The number of nitrogens with one attached hydrogen (secondary N) is 1. The molecule has 164 valence electrons. The summed E-state index contributed by atoms with van der Waals surface area (Å²) in [6, 6.07) is 14.0. The fourth-order valence-corrected chi connectivity index (χ4v) is 4.85. The molecule has 4 rings (SSSR count). The van der Waals surface area contributed by atoms with Crippen molar-refractivity contribution in [3.8, 4) is 5.75 Å². The van der Waals surface area contributed by atoms with Crippen molar-refractivity contribution in [1.82, 2.24) is 9.29 Å². The molecule has 0 amide bonds. The number of nitrogens with zero attached hydrogens (tertiary/aromatic N) is 1. The summed E-state index contributed by atoms with van der Waals surface area (Å²) in [6.07, 6.45) is 1.99. The van der Waals surface area contributed by atoms with Gasteiger partial charge in [-0.15, -0.1) is 0 Å². The lowest BCUT2D eigenvalue weighted by Crippen LogP contribution is -2.40. The summed E-state index contributed by atoms with van der Waals surface area (Å²) in [7, 11) is -3.53. The first kappa shape index (κ1) is 21.4. The molecular formula is C22H24N2O6S. The van der Waals surface area contributed by atoms with Crippen molar-refractivity contribution in [2.24, 2.45) is 0 Å². The van der Waals surface area contributed by atoms with Gasteiger partial charge in [0.25, 0.3) is 0 Å². The number of carbonyl (C=O) groups is 1. The van der Waals surface area contributed by atoms with E-state index in [1.165, 1.54) is 16.4 Å². The van der Waals surface area contributed by atoms with Crippen LogP contribution >= 0.6 is 0 Å². The molecule has 0 aliphatic carbocycles. The molecule has 3 aromatic rings. The molecule has 1 aliphatic heterocycles. The minimum absolute atomic E-state index is 0.106. The second-order valence-electron chi connectivity index (χ2n) is 7.09. The van der Waals surface area contributed by atoms with Crippen molar-refractivity contribution >= 4 is 26.9 Å². The molecule has 1 N–H and O–H groups in total. The van der Waals surface area contributed by atoms with Crippen molar-refractivity contribution in [2.75, 3.05) is 39.5 Å². The molecule has 8 nitrogen and oxygen atoms in total. The van der Waals surface area contributed by atoms with E-state index < -0.39 is 10.0 Å². The third kappa shape index (κ3) is 5.07. The molecule has 1 saturated heterocycles. The quantitative estimate of drug-likeness (QED) is 0.423. The van der Waals surface area contributed by atoms with E-state index >= 15 is 0 Å². The van der Waals surface area contributed by atoms with Gasteiger partial charge < -0.3 is 19.2 Å². The van der Waals surface area contributed by atoms with E-state index in [0.717, 1.165) is 16.5 Å². The number of rotatable bonds is 8. The Morgan fingerprint density at radius 3 is 2.55 bits per heavy atom. The highest BCUT2D eigenvalue weighted by atomic mass is 32.2. The van der Waals surface area contributed by atoms with E-state index in [0.29, 0.717) is 32.1 Å². The topological polar surface area (TPSA) is 97.9 Å². The monoisotopic (exact) mass is 444 g/mol. The largest absolute Gasteiger partial charge is 0.490 e. The molecule has 0 bridgehead atoms. The molecule has 0 radical (unpaired) electrons. The Hall–Kier alpha value is -2.88. The zero-order chi connectivity index (χ0) is 21.7. The summed E-state index contributed by atoms with van der Waals surface area (Å²) >= 11 is 0. The Labute approximate surface area is 180 Å². The number of aromatic amines is 1. The van der Waals surface area contributed by atoms with Gasteiger partial charge in [-0.3, -0.25) is 4.79 Å². The van der Waals surface area contributed by atoms with Crippen LogP contribution in [0.25, 0.3) is 10.9 Å². The summed E-state index contributed by atoms with van der Waals surface area (Å²) in [5.74, 6) is 0.175. The third-order valence-electron chi connectivity index (χ3n) is 5.06. The molecule has 0 unspecified atom stereocenters. The predicted molar refractivity (Wildman–Crippen MR) is 114 cm³/mol. The number of benzene rings is 2. The Kier molecular flexibility index (Phi) is 6.55. The molecule has 0 saturated carbocycles. The number of sulfonamides is 1. The van der Waals surface area contributed by atoms with Crippen molar-refractivity contribution < 1.29 is 27.4 Å². The summed E-state index contributed by atoms with van der Waals surface area (Å²) < 4.78 is 42.7. The first-order chi connectivity index (χ1) is 15.0. The normalized spacial score (nSPS) is 15.1. The summed E-state index contributed by atoms with van der Waals surface area (Å²) in [5, 5.41) is 1.00. The van der Waals surface area contributed by atoms with E-state index in [2.05, 4.69) is 4.98 Å². The average Bonchev–Trinajstić information content (AvgIpc) is 3.20. The second-order valence-corrected chi connectivity index (χ2v) is 9.03. The van der Waals surface area contributed by atoms with Crippen LogP contribution in [0.15, 0.2) is 59.6 Å². The maximum absolute atomic E-state index is 12.6. The van der Waals surface area contributed by atoms with Crippen LogP contribution in [0.1, 0.15) is 5.56 Å². The van der Waals surface area contributed by atoms with Gasteiger partial charge in [0.05, 0.1) is 24.5 Å². The summed E-state index contributed by atoms with van der Waals surface area (Å²) in [5.41, 5.74) is 1.87. The molecule has 1 fully saturated rings. The lowest BCUT2D eigenvalue weighted by Gasteiger charge is -2.26. The van der Waals surface area contributed by atoms with E-state index in [1.54, 1.807) is 12.1 Å². The van der Waals surface area contributed by atoms with Gasteiger partial charge in [-0.2, -0.15) is 4.31 Å². The van der Waals surface area contributed by atoms with E-state index in [4.69, 9.17) is 14.2 Å². The number of morpholine rings is 1. The highest BCUT2D eigenvalue weighted by molar-refractivity contribution is 7.89. The number of ether oxygens (including phenoxy) is 3. The van der Waals surface area contributed by atoms with Gasteiger partial charge >= 0.3 is 5.97 Å². The van der Waals surface area contributed by atoms with Gasteiger partial charge in [-0.25, -0.2) is 8.42 Å². The van der Waals surface area contributed by atoms with E-state index in [-0.39, 0.29) is 30.5 Å². The van der Waals surface area contributed by atoms with Crippen molar-refractivity contribution in [2.45, 2.75) is 11.3 Å². The van der Waals surface area contributed by atoms with Crippen LogP contribution in [0.2, 0.25) is 0 Å². The Balaban J connectivity index is 1.24. The van der Waals surface area contributed by atoms with Crippen LogP contribution < -0.4 is 4.74 Å². The Bertz CT molecular complexity index is 1130. The highest BCUT2D eigenvalue weighted by Gasteiger charge is 2.26. The van der Waals surface area contributed by atoms with E-state index in [1.807, 2.05) is 30.5 Å². The minimum atomic E-state index is -3.53. The van der Waals surface area contributed by atoms with Gasteiger partial charge in [-0.05, 0) is 35.9 Å². The number of fused-ring (bicyclic) bond motifs is 1. The maximum atomic E-state index is 12.6.